The smallest absolute Gasteiger partial charge is 0.271 e. The summed E-state index contributed by atoms with van der Waals surface area (Å²) in [6.45, 7) is 0. The van der Waals surface area contributed by atoms with Gasteiger partial charge in [0.1, 0.15) is 11.5 Å². The summed E-state index contributed by atoms with van der Waals surface area (Å²) in [6, 6.07) is 40.8. The van der Waals surface area contributed by atoms with E-state index in [0.29, 0.717) is 32.7 Å². The highest BCUT2D eigenvalue weighted by Gasteiger charge is 2.14. The van der Waals surface area contributed by atoms with E-state index in [4.69, 9.17) is 27.6 Å². The fourth-order valence-electron chi connectivity index (χ4n) is 4.62. The largest absolute Gasteiger partial charge is 0.455 e. The van der Waals surface area contributed by atoms with Crippen molar-refractivity contribution in [1.29, 1.82) is 0 Å². The minimum Gasteiger partial charge on any atom is -0.455 e. The Bertz CT molecular complexity index is 1780. The van der Waals surface area contributed by atoms with Crippen LogP contribution in [-0.2, 0) is 0 Å². The van der Waals surface area contributed by atoms with Crippen LogP contribution in [0.3, 0.4) is 0 Å². The number of nitrogens with zero attached hydrogens (tertiary/aromatic N) is 2. The zero-order valence-electron chi connectivity index (χ0n) is 21.7. The Balaban J connectivity index is 1.21. The molecule has 0 aliphatic heterocycles. The van der Waals surface area contributed by atoms with Crippen LogP contribution in [0.5, 0.6) is 0 Å². The number of hydrogen-bond acceptors (Lipinski definition) is 3. The van der Waals surface area contributed by atoms with Crippen molar-refractivity contribution in [2.75, 3.05) is 0 Å². The predicted molar refractivity (Wildman–Crippen MR) is 166 cm³/mol. The van der Waals surface area contributed by atoms with E-state index in [1.54, 1.807) is 42.5 Å². The molecule has 200 valence electrons. The first kappa shape index (κ1) is 26.4. The molecule has 5 nitrogen and oxygen atoms in total. The zero-order valence-corrected chi connectivity index (χ0v) is 23.2. The van der Waals surface area contributed by atoms with E-state index in [1.165, 1.54) is 6.21 Å². The third-order valence-electron chi connectivity index (χ3n) is 6.59. The predicted octanol–water partition coefficient (Wildman–Crippen LogP) is 9.14. The third-order valence-corrected chi connectivity index (χ3v) is 7.15. The number of hydrazone groups is 1. The van der Waals surface area contributed by atoms with Gasteiger partial charge in [-0.2, -0.15) is 5.10 Å². The van der Waals surface area contributed by atoms with E-state index >= 15 is 0 Å². The second-order valence-corrected chi connectivity index (χ2v) is 10.1. The minimum absolute atomic E-state index is 0.337. The number of hydrogen-bond donors (Lipinski definition) is 1. The normalized spacial score (nSPS) is 11.2. The second kappa shape index (κ2) is 11.7. The number of aromatic nitrogens is 1. The third kappa shape index (κ3) is 5.73. The van der Waals surface area contributed by atoms with Crippen LogP contribution in [0, 0.1) is 0 Å². The standard InChI is InChI=1S/C34H23Cl2N3O2/c35-26-13-17-30(36)29(21-26)33-20-16-28(41-33)22-37-38-34(40)25-11-14-27(15-12-25)39-31(23-7-3-1-4-8-23)18-19-32(39)24-9-5-2-6-10-24/h1-22H,(H,38,40)/b37-22-. The van der Waals surface area contributed by atoms with Crippen molar-refractivity contribution in [3.63, 3.8) is 0 Å². The first-order valence-electron chi connectivity index (χ1n) is 12.9. The van der Waals surface area contributed by atoms with Gasteiger partial charge in [0.15, 0.2) is 0 Å². The first-order chi connectivity index (χ1) is 20.1. The Labute approximate surface area is 247 Å². The van der Waals surface area contributed by atoms with Crippen molar-refractivity contribution in [3.8, 4) is 39.5 Å². The lowest BCUT2D eigenvalue weighted by Crippen LogP contribution is -2.17. The SMILES string of the molecule is O=C(N/N=C\c1ccc(-c2cc(Cl)ccc2Cl)o1)c1ccc(-n2c(-c3ccccc3)ccc2-c2ccccc2)cc1. The fourth-order valence-corrected chi connectivity index (χ4v) is 5.00. The summed E-state index contributed by atoms with van der Waals surface area (Å²) in [6.07, 6.45) is 1.44. The van der Waals surface area contributed by atoms with Crippen molar-refractivity contribution in [3.05, 3.63) is 149 Å². The monoisotopic (exact) mass is 575 g/mol. The summed E-state index contributed by atoms with van der Waals surface area (Å²) >= 11 is 12.4. The summed E-state index contributed by atoms with van der Waals surface area (Å²) in [5.41, 5.74) is 8.98. The maximum Gasteiger partial charge on any atom is 0.271 e. The zero-order chi connectivity index (χ0) is 28.2. The van der Waals surface area contributed by atoms with E-state index in [2.05, 4.69) is 51.5 Å². The highest BCUT2D eigenvalue weighted by Crippen LogP contribution is 2.33. The molecule has 1 amide bonds. The highest BCUT2D eigenvalue weighted by atomic mass is 35.5. The van der Waals surface area contributed by atoms with Gasteiger partial charge in [0.2, 0.25) is 0 Å². The van der Waals surface area contributed by atoms with E-state index in [1.807, 2.05) is 48.5 Å². The molecule has 4 aromatic carbocycles. The molecular formula is C34H23Cl2N3O2. The van der Waals surface area contributed by atoms with Crippen LogP contribution < -0.4 is 5.43 Å². The fraction of sp³-hybridized carbons (Fsp3) is 0. The van der Waals surface area contributed by atoms with Gasteiger partial charge in [0.25, 0.3) is 5.91 Å². The number of rotatable bonds is 7. The number of nitrogens with one attached hydrogen (secondary N) is 1. The summed E-state index contributed by atoms with van der Waals surface area (Å²) in [5, 5.41) is 5.14. The quantitative estimate of drug-likeness (QED) is 0.152. The topological polar surface area (TPSA) is 59.5 Å². The molecule has 41 heavy (non-hydrogen) atoms. The average Bonchev–Trinajstić information content (AvgIpc) is 3.67. The van der Waals surface area contributed by atoms with Gasteiger partial charge < -0.3 is 8.98 Å². The Hall–Kier alpha value is -4.84. The lowest BCUT2D eigenvalue weighted by molar-refractivity contribution is 0.0955. The molecule has 0 fully saturated rings. The Kier molecular flexibility index (Phi) is 7.54. The van der Waals surface area contributed by atoms with Crippen LogP contribution in [0.2, 0.25) is 10.0 Å². The molecule has 6 rings (SSSR count). The summed E-state index contributed by atoms with van der Waals surface area (Å²) < 4.78 is 8.00. The van der Waals surface area contributed by atoms with Crippen molar-refractivity contribution in [2.24, 2.45) is 5.10 Å². The molecule has 0 saturated carbocycles. The molecule has 0 unspecified atom stereocenters. The number of halogens is 2. The Morgan fingerprint density at radius 1 is 0.732 bits per heavy atom. The Morgan fingerprint density at radius 3 is 2.00 bits per heavy atom. The molecular weight excluding hydrogens is 553 g/mol. The lowest BCUT2D eigenvalue weighted by atomic mass is 10.1. The highest BCUT2D eigenvalue weighted by molar-refractivity contribution is 6.35. The molecule has 2 aromatic heterocycles. The lowest BCUT2D eigenvalue weighted by Gasteiger charge is -2.15. The van der Waals surface area contributed by atoms with Crippen LogP contribution in [0.15, 0.2) is 137 Å². The van der Waals surface area contributed by atoms with Crippen LogP contribution in [-0.4, -0.2) is 16.7 Å². The molecule has 0 aliphatic rings. The van der Waals surface area contributed by atoms with E-state index < -0.39 is 0 Å². The van der Waals surface area contributed by atoms with Crippen molar-refractivity contribution < 1.29 is 9.21 Å². The van der Waals surface area contributed by atoms with Gasteiger partial charge in [-0.25, -0.2) is 5.43 Å². The number of carbonyl (C=O) groups is 1. The van der Waals surface area contributed by atoms with Gasteiger partial charge in [-0.05, 0) is 77.9 Å². The average molecular weight is 576 g/mol. The van der Waals surface area contributed by atoms with E-state index in [9.17, 15) is 4.79 Å². The van der Waals surface area contributed by atoms with Crippen LogP contribution in [0.1, 0.15) is 16.1 Å². The van der Waals surface area contributed by atoms with Crippen LogP contribution in [0.25, 0.3) is 39.5 Å². The van der Waals surface area contributed by atoms with E-state index in [0.717, 1.165) is 28.2 Å². The molecule has 2 heterocycles. The molecule has 6 aromatic rings. The van der Waals surface area contributed by atoms with Gasteiger partial charge in [-0.15, -0.1) is 0 Å². The number of carbonyl (C=O) groups excluding carboxylic acids is 1. The molecule has 0 spiro atoms. The second-order valence-electron chi connectivity index (χ2n) is 9.24. The Morgan fingerprint density at radius 2 is 1.37 bits per heavy atom. The molecule has 0 aliphatic carbocycles. The molecule has 0 bridgehead atoms. The van der Waals surface area contributed by atoms with E-state index in [-0.39, 0.29) is 5.91 Å². The van der Waals surface area contributed by atoms with Gasteiger partial charge in [0.05, 0.1) is 22.6 Å². The maximum atomic E-state index is 12.8. The van der Waals surface area contributed by atoms with Crippen molar-refractivity contribution in [1.82, 2.24) is 9.99 Å². The molecule has 1 N–H and O–H groups in total. The van der Waals surface area contributed by atoms with Gasteiger partial charge in [0, 0.05) is 21.8 Å². The molecule has 0 saturated heterocycles. The van der Waals surface area contributed by atoms with Gasteiger partial charge in [-0.3, -0.25) is 4.79 Å². The van der Waals surface area contributed by atoms with Crippen LogP contribution >= 0.6 is 23.2 Å². The summed E-state index contributed by atoms with van der Waals surface area (Å²) in [5.74, 6) is 0.674. The number of amides is 1. The van der Waals surface area contributed by atoms with Crippen molar-refractivity contribution >= 4 is 35.3 Å². The number of benzene rings is 4. The van der Waals surface area contributed by atoms with Crippen LogP contribution in [0.4, 0.5) is 0 Å². The summed E-state index contributed by atoms with van der Waals surface area (Å²) in [7, 11) is 0. The van der Waals surface area contributed by atoms with Gasteiger partial charge in [-0.1, -0.05) is 83.9 Å². The minimum atomic E-state index is -0.337. The first-order valence-corrected chi connectivity index (χ1v) is 13.6. The number of furan rings is 1. The molecule has 0 radical (unpaired) electrons. The molecule has 0 atom stereocenters. The molecule has 7 heteroatoms. The van der Waals surface area contributed by atoms with Crippen molar-refractivity contribution in [2.45, 2.75) is 0 Å². The van der Waals surface area contributed by atoms with Gasteiger partial charge >= 0.3 is 0 Å². The summed E-state index contributed by atoms with van der Waals surface area (Å²) in [4.78, 5) is 12.8. The maximum absolute atomic E-state index is 12.8.